The highest BCUT2D eigenvalue weighted by atomic mass is 19.1. The van der Waals surface area contributed by atoms with E-state index in [9.17, 15) is 14.0 Å². The van der Waals surface area contributed by atoms with Gasteiger partial charge in [-0.3, -0.25) is 4.79 Å². The Balaban J connectivity index is 1.45. The van der Waals surface area contributed by atoms with E-state index in [1.165, 1.54) is 30.5 Å². The first-order chi connectivity index (χ1) is 15.5. The van der Waals surface area contributed by atoms with E-state index in [1.54, 1.807) is 48.5 Å². The number of esters is 1. The number of amides is 1. The van der Waals surface area contributed by atoms with Crippen molar-refractivity contribution in [2.24, 2.45) is 5.10 Å². The Labute approximate surface area is 184 Å². The average Bonchev–Trinajstić information content (AvgIpc) is 2.80. The lowest BCUT2D eigenvalue weighted by Gasteiger charge is -2.06. The molecule has 0 atom stereocenters. The third kappa shape index (κ3) is 6.94. The van der Waals surface area contributed by atoms with E-state index < -0.39 is 11.9 Å². The zero-order valence-electron chi connectivity index (χ0n) is 17.3. The number of nitrogens with zero attached hydrogens (tertiary/aromatic N) is 1. The minimum atomic E-state index is -0.483. The molecule has 3 aromatic carbocycles. The normalized spacial score (nSPS) is 10.6. The van der Waals surface area contributed by atoms with Crippen LogP contribution in [0.3, 0.4) is 0 Å². The van der Waals surface area contributed by atoms with Gasteiger partial charge in [0.1, 0.15) is 23.1 Å². The lowest BCUT2D eigenvalue weighted by atomic mass is 10.2. The third-order valence-corrected chi connectivity index (χ3v) is 4.08. The smallest absolute Gasteiger partial charge is 0.343 e. The van der Waals surface area contributed by atoms with Crippen molar-refractivity contribution in [3.63, 3.8) is 0 Å². The van der Waals surface area contributed by atoms with Crippen LogP contribution in [-0.4, -0.2) is 31.3 Å². The second-order valence-electron chi connectivity index (χ2n) is 6.45. The SMILES string of the molecule is CCOc1ccc(C(=O)Oc2ccc(C=NNC(=O)COc3ccc(F)cc3)cc2)cc1. The van der Waals surface area contributed by atoms with E-state index >= 15 is 0 Å². The molecule has 0 aromatic heterocycles. The van der Waals surface area contributed by atoms with Gasteiger partial charge in [0.25, 0.3) is 5.91 Å². The van der Waals surface area contributed by atoms with Crippen LogP contribution in [0, 0.1) is 5.82 Å². The van der Waals surface area contributed by atoms with Gasteiger partial charge in [-0.1, -0.05) is 0 Å². The molecule has 32 heavy (non-hydrogen) atoms. The van der Waals surface area contributed by atoms with Crippen LogP contribution >= 0.6 is 0 Å². The fourth-order valence-corrected chi connectivity index (χ4v) is 2.53. The summed E-state index contributed by atoms with van der Waals surface area (Å²) in [7, 11) is 0. The largest absolute Gasteiger partial charge is 0.494 e. The van der Waals surface area contributed by atoms with Crippen molar-refractivity contribution < 1.29 is 28.2 Å². The molecule has 0 unspecified atom stereocenters. The summed E-state index contributed by atoms with van der Waals surface area (Å²) in [5.74, 6) is 0.0955. The van der Waals surface area contributed by atoms with Crippen molar-refractivity contribution in [3.05, 3.63) is 89.7 Å². The van der Waals surface area contributed by atoms with Crippen molar-refractivity contribution in [1.29, 1.82) is 0 Å². The highest BCUT2D eigenvalue weighted by Gasteiger charge is 2.09. The fourth-order valence-electron chi connectivity index (χ4n) is 2.53. The number of rotatable bonds is 9. The first kappa shape index (κ1) is 22.5. The number of carbonyl (C=O) groups excluding carboxylic acids is 2. The molecule has 0 heterocycles. The molecule has 0 bridgehead atoms. The maximum absolute atomic E-state index is 12.8. The first-order valence-corrected chi connectivity index (χ1v) is 9.79. The molecule has 0 saturated carbocycles. The van der Waals surface area contributed by atoms with Crippen LogP contribution in [0.1, 0.15) is 22.8 Å². The van der Waals surface area contributed by atoms with Crippen LogP contribution in [0.25, 0.3) is 0 Å². The van der Waals surface area contributed by atoms with E-state index in [-0.39, 0.29) is 12.4 Å². The first-order valence-electron chi connectivity index (χ1n) is 9.79. The van der Waals surface area contributed by atoms with Gasteiger partial charge in [-0.25, -0.2) is 14.6 Å². The predicted octanol–water partition coefficient (Wildman–Crippen LogP) is 3.97. The fraction of sp³-hybridized carbons (Fsp3) is 0.125. The quantitative estimate of drug-likeness (QED) is 0.237. The Morgan fingerprint density at radius 2 is 1.47 bits per heavy atom. The molecule has 8 heteroatoms. The molecule has 7 nitrogen and oxygen atoms in total. The Bertz CT molecular complexity index is 1070. The molecule has 3 aromatic rings. The maximum Gasteiger partial charge on any atom is 0.343 e. The number of hydrogen-bond donors (Lipinski definition) is 1. The van der Waals surface area contributed by atoms with Crippen LogP contribution in [0.2, 0.25) is 0 Å². The minimum absolute atomic E-state index is 0.261. The van der Waals surface area contributed by atoms with Crippen LogP contribution in [-0.2, 0) is 4.79 Å². The molecule has 0 aliphatic rings. The molecule has 1 amide bonds. The summed E-state index contributed by atoms with van der Waals surface area (Å²) < 4.78 is 28.7. The van der Waals surface area contributed by atoms with E-state index in [0.717, 1.165) is 0 Å². The molecule has 1 N–H and O–H groups in total. The number of halogens is 1. The Morgan fingerprint density at radius 3 is 2.12 bits per heavy atom. The topological polar surface area (TPSA) is 86.2 Å². The summed E-state index contributed by atoms with van der Waals surface area (Å²) in [6.07, 6.45) is 1.44. The third-order valence-electron chi connectivity index (χ3n) is 4.08. The van der Waals surface area contributed by atoms with E-state index in [0.29, 0.717) is 35.0 Å². The van der Waals surface area contributed by atoms with Crippen molar-refractivity contribution in [2.75, 3.05) is 13.2 Å². The van der Waals surface area contributed by atoms with Gasteiger partial charge in [-0.05, 0) is 85.3 Å². The molecular formula is C24H21FN2O5. The molecule has 0 spiro atoms. The highest BCUT2D eigenvalue weighted by Crippen LogP contribution is 2.16. The summed E-state index contributed by atoms with van der Waals surface area (Å²) in [6, 6.07) is 18.6. The number of hydrazone groups is 1. The summed E-state index contributed by atoms with van der Waals surface area (Å²) in [5, 5.41) is 3.85. The van der Waals surface area contributed by atoms with E-state index in [2.05, 4.69) is 10.5 Å². The second-order valence-corrected chi connectivity index (χ2v) is 6.45. The van der Waals surface area contributed by atoms with Gasteiger partial charge < -0.3 is 14.2 Å². The lowest BCUT2D eigenvalue weighted by Crippen LogP contribution is -2.24. The van der Waals surface area contributed by atoms with Crippen molar-refractivity contribution >= 4 is 18.1 Å². The van der Waals surface area contributed by atoms with Crippen molar-refractivity contribution in [3.8, 4) is 17.2 Å². The number of nitrogens with one attached hydrogen (secondary N) is 1. The number of hydrogen-bond acceptors (Lipinski definition) is 6. The molecular weight excluding hydrogens is 415 g/mol. The number of carbonyl (C=O) groups is 2. The molecule has 0 fully saturated rings. The van der Waals surface area contributed by atoms with Crippen molar-refractivity contribution in [1.82, 2.24) is 5.43 Å². The summed E-state index contributed by atoms with van der Waals surface area (Å²) in [4.78, 5) is 24.0. The number of ether oxygens (including phenoxy) is 3. The molecule has 0 aliphatic carbocycles. The second kappa shape index (κ2) is 11.3. The molecule has 0 radical (unpaired) electrons. The molecule has 3 rings (SSSR count). The Kier molecular flexibility index (Phi) is 7.91. The summed E-state index contributed by atoms with van der Waals surface area (Å²) >= 11 is 0. The van der Waals surface area contributed by atoms with Gasteiger partial charge in [-0.2, -0.15) is 5.10 Å². The summed E-state index contributed by atoms with van der Waals surface area (Å²) in [5.41, 5.74) is 3.42. The van der Waals surface area contributed by atoms with E-state index in [4.69, 9.17) is 14.2 Å². The molecule has 0 aliphatic heterocycles. The van der Waals surface area contributed by atoms with Crippen LogP contribution < -0.4 is 19.6 Å². The van der Waals surface area contributed by atoms with Gasteiger partial charge in [-0.15, -0.1) is 0 Å². The zero-order valence-corrected chi connectivity index (χ0v) is 17.3. The van der Waals surface area contributed by atoms with Gasteiger partial charge in [0.05, 0.1) is 18.4 Å². The van der Waals surface area contributed by atoms with Crippen molar-refractivity contribution in [2.45, 2.75) is 6.92 Å². The average molecular weight is 436 g/mol. The Morgan fingerprint density at radius 1 is 0.875 bits per heavy atom. The van der Waals surface area contributed by atoms with Gasteiger partial charge in [0.2, 0.25) is 0 Å². The van der Waals surface area contributed by atoms with Crippen LogP contribution in [0.15, 0.2) is 77.9 Å². The maximum atomic E-state index is 12.8. The van der Waals surface area contributed by atoms with Crippen LogP contribution in [0.5, 0.6) is 17.2 Å². The van der Waals surface area contributed by atoms with Gasteiger partial charge in [0.15, 0.2) is 6.61 Å². The van der Waals surface area contributed by atoms with Crippen LogP contribution in [0.4, 0.5) is 4.39 Å². The Hall–Kier alpha value is -4.20. The lowest BCUT2D eigenvalue weighted by molar-refractivity contribution is -0.123. The molecule has 0 saturated heterocycles. The standard InChI is InChI=1S/C24H21FN2O5/c1-2-30-20-11-5-18(6-12-20)24(29)32-22-9-3-17(4-10-22)15-26-27-23(28)16-31-21-13-7-19(25)8-14-21/h3-15H,2,16H2,1H3,(H,27,28). The number of benzene rings is 3. The highest BCUT2D eigenvalue weighted by molar-refractivity contribution is 5.91. The molecule has 164 valence electrons. The zero-order chi connectivity index (χ0) is 22.8. The van der Waals surface area contributed by atoms with Gasteiger partial charge >= 0.3 is 5.97 Å². The van der Waals surface area contributed by atoms with Gasteiger partial charge in [0, 0.05) is 0 Å². The summed E-state index contributed by atoms with van der Waals surface area (Å²) in [6.45, 7) is 2.17. The predicted molar refractivity (Wildman–Crippen MR) is 117 cm³/mol. The minimum Gasteiger partial charge on any atom is -0.494 e. The van der Waals surface area contributed by atoms with E-state index in [1.807, 2.05) is 6.92 Å². The monoisotopic (exact) mass is 436 g/mol.